The van der Waals surface area contributed by atoms with Crippen molar-refractivity contribution in [2.45, 2.75) is 56.7 Å². The molecule has 2 aliphatic rings. The zero-order valence-electron chi connectivity index (χ0n) is 10.7. The molecule has 0 aliphatic carbocycles. The van der Waals surface area contributed by atoms with E-state index in [0.717, 1.165) is 31.3 Å². The summed E-state index contributed by atoms with van der Waals surface area (Å²) in [5, 5.41) is 3.72. The Morgan fingerprint density at radius 1 is 1.19 bits per heavy atom. The summed E-state index contributed by atoms with van der Waals surface area (Å²) in [6.45, 7) is 2.07. The van der Waals surface area contributed by atoms with Crippen molar-refractivity contribution in [3.8, 4) is 0 Å². The number of hydrogen-bond donors (Lipinski definition) is 1. The van der Waals surface area contributed by atoms with Crippen LogP contribution < -0.4 is 5.32 Å². The average Bonchev–Trinajstić information content (AvgIpc) is 2.54. The van der Waals surface area contributed by atoms with Crippen molar-refractivity contribution < 1.29 is 4.74 Å². The van der Waals surface area contributed by atoms with Crippen molar-refractivity contribution in [3.63, 3.8) is 0 Å². The molecule has 0 saturated carbocycles. The molecule has 2 saturated heterocycles. The molecule has 16 heavy (non-hydrogen) atoms. The summed E-state index contributed by atoms with van der Waals surface area (Å²) in [5.41, 5.74) is 0. The number of rotatable bonds is 6. The Bertz CT molecular complexity index is 196. The minimum atomic E-state index is 0.774. The van der Waals surface area contributed by atoms with E-state index in [9.17, 15) is 0 Å². The average molecular weight is 226 g/mol. The molecule has 0 radical (unpaired) electrons. The van der Waals surface area contributed by atoms with Gasteiger partial charge in [-0.3, -0.25) is 0 Å². The third-order valence-electron chi connectivity index (χ3n) is 4.31. The zero-order valence-corrected chi connectivity index (χ0v) is 10.7. The van der Waals surface area contributed by atoms with Gasteiger partial charge in [-0.25, -0.2) is 0 Å². The molecule has 3 heteroatoms. The molecule has 0 aromatic rings. The maximum absolute atomic E-state index is 5.06. The second-order valence-corrected chi connectivity index (χ2v) is 5.37. The lowest BCUT2D eigenvalue weighted by Crippen LogP contribution is -2.47. The van der Waals surface area contributed by atoms with Gasteiger partial charge in [-0.15, -0.1) is 0 Å². The van der Waals surface area contributed by atoms with Crippen molar-refractivity contribution in [2.24, 2.45) is 0 Å². The normalized spacial score (nSPS) is 34.5. The minimum Gasteiger partial charge on any atom is -0.385 e. The van der Waals surface area contributed by atoms with Crippen LogP contribution in [-0.4, -0.2) is 50.3 Å². The lowest BCUT2D eigenvalue weighted by Gasteiger charge is -2.36. The number of hydrogen-bond acceptors (Lipinski definition) is 3. The summed E-state index contributed by atoms with van der Waals surface area (Å²) in [6, 6.07) is 2.49. The van der Waals surface area contributed by atoms with Crippen LogP contribution in [0.3, 0.4) is 0 Å². The first-order valence-electron chi connectivity index (χ1n) is 6.75. The van der Waals surface area contributed by atoms with E-state index in [0.29, 0.717) is 0 Å². The van der Waals surface area contributed by atoms with Crippen LogP contribution in [0.4, 0.5) is 0 Å². The van der Waals surface area contributed by atoms with Gasteiger partial charge >= 0.3 is 0 Å². The van der Waals surface area contributed by atoms with Gasteiger partial charge in [0.2, 0.25) is 0 Å². The van der Waals surface area contributed by atoms with Crippen LogP contribution >= 0.6 is 0 Å². The van der Waals surface area contributed by atoms with Crippen LogP contribution in [0.25, 0.3) is 0 Å². The number of ether oxygens (including phenoxy) is 1. The van der Waals surface area contributed by atoms with E-state index in [1.165, 1.54) is 38.5 Å². The lowest BCUT2D eigenvalue weighted by molar-refractivity contribution is 0.147. The first-order valence-corrected chi connectivity index (χ1v) is 6.75. The SMILES string of the molecule is COCCCCNC1CC2CCC(C1)N2C. The smallest absolute Gasteiger partial charge is 0.0462 e. The first-order chi connectivity index (χ1) is 7.81. The number of nitrogens with zero attached hydrogens (tertiary/aromatic N) is 1. The predicted molar refractivity (Wildman–Crippen MR) is 66.7 cm³/mol. The fourth-order valence-electron chi connectivity index (χ4n) is 3.26. The van der Waals surface area contributed by atoms with Crippen LogP contribution in [0.15, 0.2) is 0 Å². The molecule has 2 unspecified atom stereocenters. The van der Waals surface area contributed by atoms with Crippen molar-refractivity contribution in [1.82, 2.24) is 10.2 Å². The van der Waals surface area contributed by atoms with Gasteiger partial charge in [0.1, 0.15) is 0 Å². The molecule has 94 valence electrons. The highest BCUT2D eigenvalue weighted by Gasteiger charge is 2.37. The monoisotopic (exact) mass is 226 g/mol. The molecular formula is C13H26N2O. The molecule has 0 aromatic heterocycles. The summed E-state index contributed by atoms with van der Waals surface area (Å²) in [7, 11) is 4.08. The Hall–Kier alpha value is -0.120. The maximum Gasteiger partial charge on any atom is 0.0462 e. The van der Waals surface area contributed by atoms with Gasteiger partial charge in [-0.1, -0.05) is 0 Å². The minimum absolute atomic E-state index is 0.774. The van der Waals surface area contributed by atoms with Gasteiger partial charge in [-0.2, -0.15) is 0 Å². The zero-order chi connectivity index (χ0) is 11.4. The number of unbranched alkanes of at least 4 members (excludes halogenated alkanes) is 1. The number of nitrogens with one attached hydrogen (secondary N) is 1. The van der Waals surface area contributed by atoms with Crippen molar-refractivity contribution in [3.05, 3.63) is 0 Å². The Balaban J connectivity index is 1.61. The number of piperidine rings is 1. The molecule has 2 bridgehead atoms. The third kappa shape index (κ3) is 2.96. The van der Waals surface area contributed by atoms with Crippen LogP contribution in [0.5, 0.6) is 0 Å². The Kier molecular flexibility index (Phi) is 4.62. The molecule has 2 rings (SSSR count). The van der Waals surface area contributed by atoms with Crippen LogP contribution in [-0.2, 0) is 4.74 Å². The highest BCUT2D eigenvalue weighted by molar-refractivity contribution is 4.95. The Morgan fingerprint density at radius 2 is 1.88 bits per heavy atom. The molecule has 2 heterocycles. The maximum atomic E-state index is 5.06. The summed E-state index contributed by atoms with van der Waals surface area (Å²) in [6.07, 6.45) is 7.99. The first kappa shape index (κ1) is 12.3. The molecule has 2 aliphatic heterocycles. The van der Waals surface area contributed by atoms with E-state index in [1.54, 1.807) is 7.11 Å². The highest BCUT2D eigenvalue weighted by atomic mass is 16.5. The Labute approximate surface area is 99.5 Å². The summed E-state index contributed by atoms with van der Waals surface area (Å²) < 4.78 is 5.06. The van der Waals surface area contributed by atoms with E-state index in [4.69, 9.17) is 4.74 Å². The molecule has 0 amide bonds. The molecule has 2 fully saturated rings. The summed E-state index contributed by atoms with van der Waals surface area (Å²) in [4.78, 5) is 2.60. The van der Waals surface area contributed by atoms with Crippen molar-refractivity contribution in [1.29, 1.82) is 0 Å². The molecule has 2 atom stereocenters. The standard InChI is InChI=1S/C13H26N2O/c1-15-12-5-6-13(15)10-11(9-12)14-7-3-4-8-16-2/h11-14H,3-10H2,1-2H3. The van der Waals surface area contributed by atoms with E-state index >= 15 is 0 Å². The highest BCUT2D eigenvalue weighted by Crippen LogP contribution is 2.34. The second-order valence-electron chi connectivity index (χ2n) is 5.37. The van der Waals surface area contributed by atoms with Crippen molar-refractivity contribution >= 4 is 0 Å². The molecule has 0 aromatic carbocycles. The topological polar surface area (TPSA) is 24.5 Å². The fraction of sp³-hybridized carbons (Fsp3) is 1.00. The van der Waals surface area contributed by atoms with Gasteiger partial charge in [0.05, 0.1) is 0 Å². The molecule has 1 N–H and O–H groups in total. The molecule has 3 nitrogen and oxygen atoms in total. The molecular weight excluding hydrogens is 200 g/mol. The third-order valence-corrected chi connectivity index (χ3v) is 4.31. The fourth-order valence-corrected chi connectivity index (χ4v) is 3.26. The number of fused-ring (bicyclic) bond motifs is 2. The predicted octanol–water partition coefficient (Wildman–Crippen LogP) is 1.63. The second kappa shape index (κ2) is 5.99. The van der Waals surface area contributed by atoms with Crippen molar-refractivity contribution in [2.75, 3.05) is 27.3 Å². The van der Waals surface area contributed by atoms with E-state index in [-0.39, 0.29) is 0 Å². The Morgan fingerprint density at radius 3 is 2.50 bits per heavy atom. The van der Waals surface area contributed by atoms with Gasteiger partial charge in [0, 0.05) is 31.8 Å². The number of methoxy groups -OCH3 is 1. The largest absolute Gasteiger partial charge is 0.385 e. The quantitative estimate of drug-likeness (QED) is 0.697. The van der Waals surface area contributed by atoms with Crippen LogP contribution in [0, 0.1) is 0 Å². The van der Waals surface area contributed by atoms with Crippen LogP contribution in [0.1, 0.15) is 38.5 Å². The van der Waals surface area contributed by atoms with Gasteiger partial charge in [0.15, 0.2) is 0 Å². The van der Waals surface area contributed by atoms with E-state index < -0.39 is 0 Å². The summed E-state index contributed by atoms with van der Waals surface area (Å²) in [5.74, 6) is 0. The van der Waals surface area contributed by atoms with Crippen LogP contribution in [0.2, 0.25) is 0 Å². The molecule has 0 spiro atoms. The van der Waals surface area contributed by atoms with Gasteiger partial charge < -0.3 is 15.0 Å². The van der Waals surface area contributed by atoms with Gasteiger partial charge in [0.25, 0.3) is 0 Å². The van der Waals surface area contributed by atoms with E-state index in [2.05, 4.69) is 17.3 Å². The lowest BCUT2D eigenvalue weighted by atomic mass is 9.98. The van der Waals surface area contributed by atoms with E-state index in [1.807, 2.05) is 0 Å². The summed E-state index contributed by atoms with van der Waals surface area (Å²) >= 11 is 0. The van der Waals surface area contributed by atoms with Gasteiger partial charge in [-0.05, 0) is 52.1 Å².